The van der Waals surface area contributed by atoms with Gasteiger partial charge in [-0.2, -0.15) is 0 Å². The van der Waals surface area contributed by atoms with Gasteiger partial charge in [0.25, 0.3) is 0 Å². The van der Waals surface area contributed by atoms with E-state index in [0.29, 0.717) is 0 Å². The number of aryl methyl sites for hydroxylation is 1. The lowest BCUT2D eigenvalue weighted by molar-refractivity contribution is 1.19. The summed E-state index contributed by atoms with van der Waals surface area (Å²) < 4.78 is -0.125. The molecule has 0 saturated carbocycles. The van der Waals surface area contributed by atoms with E-state index in [4.69, 9.17) is 0 Å². The SMILES string of the molecule is C=C1/C(=C\C(C)=C/C)C(I)(I)c2cc3c(cc21)C(I)(I)c1cc(C)ccc1-3. The second-order valence-electron chi connectivity index (χ2n) is 7.21. The van der Waals surface area contributed by atoms with E-state index in [-0.39, 0.29) is 2.86 Å². The van der Waals surface area contributed by atoms with Gasteiger partial charge in [0, 0.05) is 0 Å². The molecule has 138 valence electrons. The van der Waals surface area contributed by atoms with Crippen molar-refractivity contribution in [3.05, 3.63) is 88.0 Å². The number of allylic oxidation sites excluding steroid dienone is 5. The van der Waals surface area contributed by atoms with Crippen LogP contribution in [0.4, 0.5) is 0 Å². The molecule has 0 amide bonds. The molecule has 2 aliphatic rings. The van der Waals surface area contributed by atoms with E-state index in [1.165, 1.54) is 50.1 Å². The predicted octanol–water partition coefficient (Wildman–Crippen LogP) is 8.99. The van der Waals surface area contributed by atoms with Gasteiger partial charge in [0.2, 0.25) is 0 Å². The maximum atomic E-state index is 4.49. The Kier molecular flexibility index (Phi) is 5.46. The van der Waals surface area contributed by atoms with Gasteiger partial charge in [0.1, 0.15) is 2.86 Å². The molecule has 0 spiro atoms. The molecule has 4 heteroatoms. The lowest BCUT2D eigenvalue weighted by Crippen LogP contribution is -2.08. The molecule has 0 aliphatic heterocycles. The normalized spacial score (nSPS) is 20.6. The average Bonchev–Trinajstić information content (AvgIpc) is 2.94. The molecule has 0 bridgehead atoms. The van der Waals surface area contributed by atoms with Crippen LogP contribution < -0.4 is 0 Å². The van der Waals surface area contributed by atoms with Crippen molar-refractivity contribution >= 4 is 95.9 Å². The first-order valence-electron chi connectivity index (χ1n) is 8.70. The Morgan fingerprint density at radius 2 is 1.48 bits per heavy atom. The van der Waals surface area contributed by atoms with Crippen molar-refractivity contribution in [2.45, 2.75) is 23.6 Å². The Labute approximate surface area is 215 Å². The van der Waals surface area contributed by atoms with Gasteiger partial charge in [-0.1, -0.05) is 138 Å². The number of alkyl halides is 4. The molecule has 0 fully saturated rings. The number of rotatable bonds is 1. The van der Waals surface area contributed by atoms with Crippen LogP contribution in [0.15, 0.2) is 60.2 Å². The molecular weight excluding hydrogens is 784 g/mol. The van der Waals surface area contributed by atoms with Crippen LogP contribution in [-0.4, -0.2) is 0 Å². The molecule has 0 heterocycles. The minimum atomic E-state index is -0.0894. The van der Waals surface area contributed by atoms with Crippen LogP contribution in [0.2, 0.25) is 0 Å². The Balaban J connectivity index is 1.99. The molecule has 0 radical (unpaired) electrons. The van der Waals surface area contributed by atoms with Gasteiger partial charge < -0.3 is 0 Å². The summed E-state index contributed by atoms with van der Waals surface area (Å²) in [5.74, 6) is 0. The molecule has 2 aromatic rings. The van der Waals surface area contributed by atoms with Crippen molar-refractivity contribution < 1.29 is 0 Å². The molecule has 0 aromatic heterocycles. The van der Waals surface area contributed by atoms with Crippen LogP contribution in [0.25, 0.3) is 16.7 Å². The maximum Gasteiger partial charge on any atom is 0.124 e. The Hall–Kier alpha value is 0.580. The zero-order chi connectivity index (χ0) is 19.7. The summed E-state index contributed by atoms with van der Waals surface area (Å²) in [5, 5.41) is 0. The van der Waals surface area contributed by atoms with E-state index < -0.39 is 0 Å². The predicted molar refractivity (Wildman–Crippen MR) is 152 cm³/mol. The van der Waals surface area contributed by atoms with E-state index in [1.807, 2.05) is 0 Å². The first-order valence-corrected chi connectivity index (χ1v) is 13.0. The zero-order valence-corrected chi connectivity index (χ0v) is 23.9. The number of fused-ring (bicyclic) bond motifs is 4. The summed E-state index contributed by atoms with van der Waals surface area (Å²) in [6.07, 6.45) is 4.46. The lowest BCUT2D eigenvalue weighted by Gasteiger charge is -2.20. The van der Waals surface area contributed by atoms with Gasteiger partial charge in [0.15, 0.2) is 0 Å². The highest BCUT2D eigenvalue weighted by Gasteiger charge is 2.45. The third-order valence-corrected chi connectivity index (χ3v) is 10.1. The number of hydrogen-bond donors (Lipinski definition) is 0. The zero-order valence-electron chi connectivity index (χ0n) is 15.3. The summed E-state index contributed by atoms with van der Waals surface area (Å²) >= 11 is 10.4. The van der Waals surface area contributed by atoms with Crippen molar-refractivity contribution in [1.29, 1.82) is 0 Å². The molecule has 0 saturated heterocycles. The smallest absolute Gasteiger partial charge is 0.0908 e. The van der Waals surface area contributed by atoms with Crippen LogP contribution in [0.3, 0.4) is 0 Å². The highest BCUT2D eigenvalue weighted by molar-refractivity contribution is 14.2. The van der Waals surface area contributed by atoms with E-state index in [9.17, 15) is 0 Å². The molecule has 27 heavy (non-hydrogen) atoms. The van der Waals surface area contributed by atoms with E-state index in [2.05, 4.69) is 160 Å². The molecule has 4 rings (SSSR count). The molecule has 0 N–H and O–H groups in total. The fourth-order valence-corrected chi connectivity index (χ4v) is 7.50. The molecule has 2 aliphatic carbocycles. The van der Waals surface area contributed by atoms with Crippen molar-refractivity contribution in [3.8, 4) is 11.1 Å². The second-order valence-corrected chi connectivity index (χ2v) is 17.8. The highest BCUT2D eigenvalue weighted by atomic mass is 127. The number of benzene rings is 2. The summed E-state index contributed by atoms with van der Waals surface area (Å²) in [7, 11) is 0. The van der Waals surface area contributed by atoms with E-state index in [0.717, 1.165) is 5.57 Å². The Bertz CT molecular complexity index is 1070. The fraction of sp³-hybridized carbons (Fsp3) is 0.217. The van der Waals surface area contributed by atoms with Gasteiger partial charge in [-0.3, -0.25) is 0 Å². The van der Waals surface area contributed by atoms with Gasteiger partial charge in [-0.05, 0) is 77.4 Å². The molecule has 0 nitrogen and oxygen atoms in total. The van der Waals surface area contributed by atoms with Crippen LogP contribution in [-0.2, 0) is 2.86 Å². The summed E-state index contributed by atoms with van der Waals surface area (Å²) in [4.78, 5) is 0. The largest absolute Gasteiger partial charge is 0.124 e. The first kappa shape index (κ1) is 20.8. The monoisotopic (exact) mass is 802 g/mol. The number of halogens is 4. The lowest BCUT2D eigenvalue weighted by atomic mass is 9.98. The average molecular weight is 802 g/mol. The maximum absolute atomic E-state index is 4.49. The first-order chi connectivity index (χ1) is 12.6. The van der Waals surface area contributed by atoms with Gasteiger partial charge in [-0.25, -0.2) is 0 Å². The Morgan fingerprint density at radius 1 is 0.889 bits per heavy atom. The van der Waals surface area contributed by atoms with E-state index >= 15 is 0 Å². The molecule has 2 aromatic carbocycles. The molecular formula is C23H18I4. The minimum Gasteiger partial charge on any atom is -0.0908 e. The van der Waals surface area contributed by atoms with Crippen LogP contribution in [0, 0.1) is 6.92 Å². The quantitative estimate of drug-likeness (QED) is 0.200. The highest BCUT2D eigenvalue weighted by Crippen LogP contribution is 2.63. The van der Waals surface area contributed by atoms with Crippen molar-refractivity contribution in [1.82, 2.24) is 0 Å². The Morgan fingerprint density at radius 3 is 2.15 bits per heavy atom. The summed E-state index contributed by atoms with van der Waals surface area (Å²) in [5.41, 5.74) is 13.3. The fourth-order valence-electron chi connectivity index (χ4n) is 3.86. The molecule has 0 unspecified atom stereocenters. The number of hydrogen-bond acceptors (Lipinski definition) is 0. The van der Waals surface area contributed by atoms with Crippen molar-refractivity contribution in [2.24, 2.45) is 0 Å². The third kappa shape index (κ3) is 3.13. The van der Waals surface area contributed by atoms with Crippen molar-refractivity contribution in [3.63, 3.8) is 0 Å². The summed E-state index contributed by atoms with van der Waals surface area (Å²) in [6, 6.07) is 11.7. The minimum absolute atomic E-state index is 0.0353. The molecule has 0 atom stereocenters. The van der Waals surface area contributed by atoms with Gasteiger partial charge in [0.05, 0.1) is 0 Å². The van der Waals surface area contributed by atoms with E-state index in [1.54, 1.807) is 0 Å². The summed E-state index contributed by atoms with van der Waals surface area (Å²) in [6.45, 7) is 10.9. The third-order valence-electron chi connectivity index (χ3n) is 5.45. The van der Waals surface area contributed by atoms with Crippen LogP contribution >= 0.6 is 90.4 Å². The van der Waals surface area contributed by atoms with Crippen LogP contribution in [0.5, 0.6) is 0 Å². The second kappa shape index (κ2) is 7.08. The standard InChI is InChI=1S/C23H18I4/c1-5-12(2)8-18-14(4)16-10-21-17(11-20(16)22(18,24)25)15-7-6-13(3)9-19(15)23(21,26)27/h5-11H,4H2,1-3H3/b12-5-,18-8+. The van der Waals surface area contributed by atoms with Crippen LogP contribution in [0.1, 0.15) is 41.7 Å². The van der Waals surface area contributed by atoms with Crippen molar-refractivity contribution in [2.75, 3.05) is 0 Å². The van der Waals surface area contributed by atoms with Gasteiger partial charge in [-0.15, -0.1) is 0 Å². The topological polar surface area (TPSA) is 0 Å². The van der Waals surface area contributed by atoms with Gasteiger partial charge >= 0.3 is 0 Å².